The van der Waals surface area contributed by atoms with Gasteiger partial charge in [-0.3, -0.25) is 4.90 Å². The molecule has 0 radical (unpaired) electrons. The monoisotopic (exact) mass is 311 g/mol. The number of ether oxygens (including phenoxy) is 1. The minimum Gasteiger partial charge on any atom is -0.399 e. The Hall–Kier alpha value is -1.09. The first kappa shape index (κ1) is 15.0. The van der Waals surface area contributed by atoms with E-state index < -0.39 is 0 Å². The second-order valence-corrected chi connectivity index (χ2v) is 4.88. The van der Waals surface area contributed by atoms with Crippen molar-refractivity contribution in [1.82, 2.24) is 4.90 Å². The number of anilines is 1. The Balaban J connectivity index is 2.66. The van der Waals surface area contributed by atoms with E-state index in [1.54, 1.807) is 7.11 Å². The number of rotatable bonds is 7. The van der Waals surface area contributed by atoms with Crippen molar-refractivity contribution < 1.29 is 4.74 Å². The molecule has 0 fully saturated rings. The van der Waals surface area contributed by atoms with E-state index in [4.69, 9.17) is 15.7 Å². The molecule has 0 atom stereocenters. The van der Waals surface area contributed by atoms with Crippen LogP contribution in [0.2, 0.25) is 0 Å². The van der Waals surface area contributed by atoms with Gasteiger partial charge in [0.15, 0.2) is 0 Å². The average Bonchev–Trinajstić information content (AvgIpc) is 2.35. The molecule has 18 heavy (non-hydrogen) atoms. The van der Waals surface area contributed by atoms with Gasteiger partial charge in [-0.25, -0.2) is 0 Å². The van der Waals surface area contributed by atoms with Gasteiger partial charge in [0.1, 0.15) is 0 Å². The van der Waals surface area contributed by atoms with Crippen LogP contribution in [0.3, 0.4) is 0 Å². The van der Waals surface area contributed by atoms with Gasteiger partial charge in [0.25, 0.3) is 0 Å². The van der Waals surface area contributed by atoms with Gasteiger partial charge in [-0.2, -0.15) is 5.26 Å². The normalized spacial score (nSPS) is 10.6. The molecule has 0 aliphatic heterocycles. The van der Waals surface area contributed by atoms with Gasteiger partial charge >= 0.3 is 0 Å². The molecule has 0 heterocycles. The van der Waals surface area contributed by atoms with Crippen LogP contribution in [-0.2, 0) is 11.3 Å². The third-order valence-corrected chi connectivity index (χ3v) is 3.36. The number of nitrogen functional groups attached to an aromatic ring is 1. The molecule has 0 saturated carbocycles. The van der Waals surface area contributed by atoms with Crippen LogP contribution in [0.15, 0.2) is 22.7 Å². The van der Waals surface area contributed by atoms with Crippen LogP contribution in [0.25, 0.3) is 0 Å². The highest BCUT2D eigenvalue weighted by Gasteiger charge is 2.08. The first-order valence-electron chi connectivity index (χ1n) is 5.79. The maximum atomic E-state index is 8.66. The van der Waals surface area contributed by atoms with E-state index in [9.17, 15) is 0 Å². The Bertz CT molecular complexity index is 417. The molecule has 98 valence electrons. The molecule has 1 aromatic carbocycles. The van der Waals surface area contributed by atoms with E-state index in [0.29, 0.717) is 13.0 Å². The highest BCUT2D eigenvalue weighted by molar-refractivity contribution is 9.10. The topological polar surface area (TPSA) is 62.3 Å². The molecule has 4 nitrogen and oxygen atoms in total. The van der Waals surface area contributed by atoms with Crippen LogP contribution in [0.5, 0.6) is 0 Å². The Labute approximate surface area is 116 Å². The standard InChI is InChI=1S/C13H18BrN3O/c1-18-8-7-17(6-2-5-15)10-11-3-4-12(16)9-13(11)14/h3-4,9H,2,6-8,10,16H2,1H3. The summed E-state index contributed by atoms with van der Waals surface area (Å²) in [7, 11) is 1.68. The van der Waals surface area contributed by atoms with Crippen molar-refractivity contribution in [2.24, 2.45) is 0 Å². The summed E-state index contributed by atoms with van der Waals surface area (Å²) in [5.41, 5.74) is 7.62. The van der Waals surface area contributed by atoms with Crippen molar-refractivity contribution in [2.45, 2.75) is 13.0 Å². The van der Waals surface area contributed by atoms with E-state index >= 15 is 0 Å². The second kappa shape index (κ2) is 8.09. The fourth-order valence-electron chi connectivity index (χ4n) is 1.63. The Morgan fingerprint density at radius 3 is 2.83 bits per heavy atom. The van der Waals surface area contributed by atoms with Crippen LogP contribution >= 0.6 is 15.9 Å². The lowest BCUT2D eigenvalue weighted by molar-refractivity contribution is 0.145. The third kappa shape index (κ3) is 5.05. The number of nitriles is 1. The Kier molecular flexibility index (Phi) is 6.73. The van der Waals surface area contributed by atoms with Gasteiger partial charge in [0, 0.05) is 43.3 Å². The van der Waals surface area contributed by atoms with Crippen molar-refractivity contribution in [3.05, 3.63) is 28.2 Å². The highest BCUT2D eigenvalue weighted by Crippen LogP contribution is 2.21. The number of nitrogens with zero attached hydrogens (tertiary/aromatic N) is 2. The first-order chi connectivity index (χ1) is 8.67. The molecule has 5 heteroatoms. The van der Waals surface area contributed by atoms with Crippen molar-refractivity contribution in [1.29, 1.82) is 5.26 Å². The fraction of sp³-hybridized carbons (Fsp3) is 0.462. The molecule has 0 aliphatic carbocycles. The predicted molar refractivity (Wildman–Crippen MR) is 75.9 cm³/mol. The van der Waals surface area contributed by atoms with Crippen molar-refractivity contribution in [3.8, 4) is 6.07 Å². The lowest BCUT2D eigenvalue weighted by Gasteiger charge is -2.21. The molecule has 0 amide bonds. The van der Waals surface area contributed by atoms with Gasteiger partial charge in [0.2, 0.25) is 0 Å². The van der Waals surface area contributed by atoms with Crippen LogP contribution in [0, 0.1) is 11.3 Å². The van der Waals surface area contributed by atoms with Gasteiger partial charge < -0.3 is 10.5 Å². The van der Waals surface area contributed by atoms with Crippen LogP contribution in [0.4, 0.5) is 5.69 Å². The van der Waals surface area contributed by atoms with Crippen LogP contribution in [0.1, 0.15) is 12.0 Å². The van der Waals surface area contributed by atoms with E-state index in [1.807, 2.05) is 18.2 Å². The van der Waals surface area contributed by atoms with Crippen molar-refractivity contribution in [2.75, 3.05) is 32.5 Å². The maximum Gasteiger partial charge on any atom is 0.0635 e. The maximum absolute atomic E-state index is 8.66. The Morgan fingerprint density at radius 2 is 2.22 bits per heavy atom. The molecule has 2 N–H and O–H groups in total. The molecule has 0 bridgehead atoms. The van der Waals surface area contributed by atoms with Gasteiger partial charge in [-0.05, 0) is 17.7 Å². The summed E-state index contributed by atoms with van der Waals surface area (Å²) in [6, 6.07) is 7.96. The summed E-state index contributed by atoms with van der Waals surface area (Å²) >= 11 is 3.51. The molecular formula is C13H18BrN3O. The summed E-state index contributed by atoms with van der Waals surface area (Å²) in [5, 5.41) is 8.66. The lowest BCUT2D eigenvalue weighted by Crippen LogP contribution is -2.28. The number of halogens is 1. The van der Waals surface area contributed by atoms with Crippen molar-refractivity contribution >= 4 is 21.6 Å². The molecule has 0 aliphatic rings. The van der Waals surface area contributed by atoms with Gasteiger partial charge in [-0.15, -0.1) is 0 Å². The minimum atomic E-state index is 0.524. The summed E-state index contributed by atoms with van der Waals surface area (Å²) in [4.78, 5) is 2.20. The number of methoxy groups -OCH3 is 1. The third-order valence-electron chi connectivity index (χ3n) is 2.62. The van der Waals surface area contributed by atoms with Gasteiger partial charge in [0.05, 0.1) is 12.7 Å². The van der Waals surface area contributed by atoms with E-state index in [1.165, 1.54) is 5.56 Å². The quantitative estimate of drug-likeness (QED) is 0.785. The summed E-state index contributed by atoms with van der Waals surface area (Å²) < 4.78 is 6.08. The summed E-state index contributed by atoms with van der Waals surface area (Å²) in [6.45, 7) is 3.01. The SMILES string of the molecule is COCCN(CCC#N)Cc1ccc(N)cc1Br. The summed E-state index contributed by atoms with van der Waals surface area (Å²) in [6.07, 6.45) is 0.524. The number of hydrogen-bond acceptors (Lipinski definition) is 4. The van der Waals surface area contributed by atoms with Gasteiger partial charge in [-0.1, -0.05) is 22.0 Å². The van der Waals surface area contributed by atoms with Crippen molar-refractivity contribution in [3.63, 3.8) is 0 Å². The number of benzene rings is 1. The molecule has 0 unspecified atom stereocenters. The first-order valence-corrected chi connectivity index (χ1v) is 6.59. The largest absolute Gasteiger partial charge is 0.399 e. The van der Waals surface area contributed by atoms with E-state index in [0.717, 1.165) is 29.8 Å². The van der Waals surface area contributed by atoms with E-state index in [-0.39, 0.29) is 0 Å². The molecule has 0 spiro atoms. The molecule has 1 rings (SSSR count). The molecular weight excluding hydrogens is 294 g/mol. The zero-order valence-corrected chi connectivity index (χ0v) is 12.1. The highest BCUT2D eigenvalue weighted by atomic mass is 79.9. The summed E-state index contributed by atoms with van der Waals surface area (Å²) in [5.74, 6) is 0. The molecule has 1 aromatic rings. The van der Waals surface area contributed by atoms with Crippen LogP contribution in [-0.4, -0.2) is 31.7 Å². The second-order valence-electron chi connectivity index (χ2n) is 4.03. The number of nitrogens with two attached hydrogens (primary N) is 1. The zero-order valence-electron chi connectivity index (χ0n) is 10.5. The predicted octanol–water partition coefficient (Wildman–Crippen LogP) is 2.39. The van der Waals surface area contributed by atoms with E-state index in [2.05, 4.69) is 26.9 Å². The minimum absolute atomic E-state index is 0.524. The molecule has 0 saturated heterocycles. The Morgan fingerprint density at radius 1 is 1.44 bits per heavy atom. The molecule has 0 aromatic heterocycles. The van der Waals surface area contributed by atoms with Crippen LogP contribution < -0.4 is 5.73 Å². The number of hydrogen-bond donors (Lipinski definition) is 1. The lowest BCUT2D eigenvalue weighted by atomic mass is 10.2. The fourth-order valence-corrected chi connectivity index (χ4v) is 2.15. The zero-order chi connectivity index (χ0) is 13.4. The average molecular weight is 312 g/mol. The smallest absolute Gasteiger partial charge is 0.0635 e.